The van der Waals surface area contributed by atoms with Gasteiger partial charge in [0.05, 0.1) is 11.6 Å². The van der Waals surface area contributed by atoms with E-state index in [0.29, 0.717) is 18.1 Å². The van der Waals surface area contributed by atoms with Crippen molar-refractivity contribution in [3.05, 3.63) is 33.3 Å². The lowest BCUT2D eigenvalue weighted by Gasteiger charge is -2.16. The van der Waals surface area contributed by atoms with Gasteiger partial charge in [0.1, 0.15) is 0 Å². The van der Waals surface area contributed by atoms with E-state index in [9.17, 15) is 0 Å². The van der Waals surface area contributed by atoms with E-state index in [2.05, 4.69) is 27.2 Å². The van der Waals surface area contributed by atoms with Crippen molar-refractivity contribution in [3.63, 3.8) is 0 Å². The maximum absolute atomic E-state index is 5.90. The number of hydrogen-bond acceptors (Lipinski definition) is 2. The minimum atomic E-state index is 0.0645. The van der Waals surface area contributed by atoms with E-state index in [-0.39, 0.29) is 6.04 Å². The summed E-state index contributed by atoms with van der Waals surface area (Å²) in [6.07, 6.45) is 5.18. The van der Waals surface area contributed by atoms with Gasteiger partial charge in [0, 0.05) is 17.1 Å². The number of terminal acetylenes is 1. The molecule has 0 saturated carbocycles. The van der Waals surface area contributed by atoms with Crippen molar-refractivity contribution in [1.82, 2.24) is 5.32 Å². The van der Waals surface area contributed by atoms with Crippen molar-refractivity contribution >= 4 is 27.5 Å². The van der Waals surface area contributed by atoms with Gasteiger partial charge < -0.3 is 5.73 Å². The van der Waals surface area contributed by atoms with Crippen LogP contribution in [0.15, 0.2) is 22.7 Å². The second-order valence-electron chi connectivity index (χ2n) is 3.05. The highest BCUT2D eigenvalue weighted by molar-refractivity contribution is 9.10. The Hall–Kier alpha value is -0.530. The molecule has 1 atom stereocenters. The lowest BCUT2D eigenvalue weighted by atomic mass is 10.1. The monoisotopic (exact) mass is 286 g/mol. The molecule has 0 aromatic heterocycles. The molecule has 0 aliphatic rings. The molecule has 4 heteroatoms. The van der Waals surface area contributed by atoms with E-state index in [1.807, 2.05) is 18.2 Å². The van der Waals surface area contributed by atoms with Gasteiger partial charge in [0.2, 0.25) is 0 Å². The molecule has 2 nitrogen and oxygen atoms in total. The largest absolute Gasteiger partial charge is 0.329 e. The normalized spacial score (nSPS) is 12.1. The van der Waals surface area contributed by atoms with Gasteiger partial charge in [-0.3, -0.25) is 5.32 Å². The van der Waals surface area contributed by atoms with E-state index in [1.165, 1.54) is 0 Å². The molecular formula is C11H12BrClN2. The summed E-state index contributed by atoms with van der Waals surface area (Å²) in [6.45, 7) is 0.998. The number of halogens is 2. The van der Waals surface area contributed by atoms with Crippen LogP contribution in [-0.2, 0) is 0 Å². The molecule has 1 unspecified atom stereocenters. The molecule has 0 amide bonds. The first-order valence-corrected chi connectivity index (χ1v) is 5.68. The number of nitrogens with one attached hydrogen (secondary N) is 1. The van der Waals surface area contributed by atoms with Gasteiger partial charge in [0.15, 0.2) is 0 Å². The smallest absolute Gasteiger partial charge is 0.0578 e. The first-order chi connectivity index (χ1) is 7.19. The highest BCUT2D eigenvalue weighted by Crippen LogP contribution is 2.25. The fourth-order valence-electron chi connectivity index (χ4n) is 1.25. The predicted molar refractivity (Wildman–Crippen MR) is 67.8 cm³/mol. The van der Waals surface area contributed by atoms with Gasteiger partial charge in [-0.05, 0) is 33.6 Å². The Morgan fingerprint density at radius 2 is 2.33 bits per heavy atom. The van der Waals surface area contributed by atoms with Gasteiger partial charge in [0.25, 0.3) is 0 Å². The maximum atomic E-state index is 5.90. The van der Waals surface area contributed by atoms with Crippen molar-refractivity contribution in [2.75, 3.05) is 13.1 Å². The lowest BCUT2D eigenvalue weighted by molar-refractivity contribution is 0.582. The fourth-order valence-corrected chi connectivity index (χ4v) is 1.76. The van der Waals surface area contributed by atoms with Gasteiger partial charge >= 0.3 is 0 Å². The van der Waals surface area contributed by atoms with Gasteiger partial charge in [-0.15, -0.1) is 6.42 Å². The summed E-state index contributed by atoms with van der Waals surface area (Å²) in [5.74, 6) is 2.52. The summed E-state index contributed by atoms with van der Waals surface area (Å²) in [5.41, 5.74) is 6.73. The summed E-state index contributed by atoms with van der Waals surface area (Å²) in [5, 5.41) is 3.84. The Labute approximate surface area is 103 Å². The van der Waals surface area contributed by atoms with Crippen molar-refractivity contribution in [2.45, 2.75) is 6.04 Å². The van der Waals surface area contributed by atoms with E-state index in [4.69, 9.17) is 23.8 Å². The van der Waals surface area contributed by atoms with Crippen LogP contribution in [0.3, 0.4) is 0 Å². The zero-order valence-electron chi connectivity index (χ0n) is 8.13. The number of benzene rings is 1. The Balaban J connectivity index is 2.83. The minimum absolute atomic E-state index is 0.0645. The molecule has 0 bridgehead atoms. The van der Waals surface area contributed by atoms with Crippen LogP contribution in [0.1, 0.15) is 11.6 Å². The van der Waals surface area contributed by atoms with Crippen molar-refractivity contribution in [3.8, 4) is 12.3 Å². The molecule has 1 aromatic rings. The first-order valence-electron chi connectivity index (χ1n) is 4.51. The highest BCUT2D eigenvalue weighted by Gasteiger charge is 2.09. The van der Waals surface area contributed by atoms with Crippen LogP contribution in [0, 0.1) is 12.3 Å². The minimum Gasteiger partial charge on any atom is -0.329 e. The van der Waals surface area contributed by atoms with Crippen molar-refractivity contribution in [1.29, 1.82) is 0 Å². The highest BCUT2D eigenvalue weighted by atomic mass is 79.9. The zero-order valence-corrected chi connectivity index (χ0v) is 10.5. The van der Waals surface area contributed by atoms with Crippen molar-refractivity contribution in [2.24, 2.45) is 5.73 Å². The topological polar surface area (TPSA) is 38.0 Å². The van der Waals surface area contributed by atoms with E-state index >= 15 is 0 Å². The fraction of sp³-hybridized carbons (Fsp3) is 0.273. The predicted octanol–water partition coefficient (Wildman–Crippen LogP) is 2.33. The van der Waals surface area contributed by atoms with Crippen molar-refractivity contribution < 1.29 is 0 Å². The number of rotatable bonds is 4. The third-order valence-electron chi connectivity index (χ3n) is 2.03. The molecule has 0 radical (unpaired) electrons. The molecule has 80 valence electrons. The third kappa shape index (κ3) is 3.51. The number of nitrogens with two attached hydrogens (primary N) is 1. The van der Waals surface area contributed by atoms with E-state index < -0.39 is 0 Å². The van der Waals surface area contributed by atoms with Crippen LogP contribution in [0.2, 0.25) is 5.02 Å². The molecule has 0 aliphatic heterocycles. The first kappa shape index (κ1) is 12.5. The maximum Gasteiger partial charge on any atom is 0.0578 e. The molecule has 15 heavy (non-hydrogen) atoms. The average Bonchev–Trinajstić information content (AvgIpc) is 2.24. The molecule has 0 fully saturated rings. The van der Waals surface area contributed by atoms with Crippen LogP contribution in [0.4, 0.5) is 0 Å². The Morgan fingerprint density at radius 3 is 2.87 bits per heavy atom. The second-order valence-corrected chi connectivity index (χ2v) is 4.31. The van der Waals surface area contributed by atoms with E-state index in [0.717, 1.165) is 10.0 Å². The molecule has 1 rings (SSSR count). The van der Waals surface area contributed by atoms with Crippen LogP contribution < -0.4 is 11.1 Å². The molecule has 1 aromatic carbocycles. The molecule has 0 aliphatic carbocycles. The van der Waals surface area contributed by atoms with Crippen LogP contribution in [-0.4, -0.2) is 13.1 Å². The Bertz CT molecular complexity index is 373. The quantitative estimate of drug-likeness (QED) is 0.834. The van der Waals surface area contributed by atoms with Crippen LogP contribution >= 0.6 is 27.5 Å². The van der Waals surface area contributed by atoms with Crippen LogP contribution in [0.5, 0.6) is 0 Å². The Morgan fingerprint density at radius 1 is 1.60 bits per heavy atom. The summed E-state index contributed by atoms with van der Waals surface area (Å²) in [7, 11) is 0. The van der Waals surface area contributed by atoms with Crippen LogP contribution in [0.25, 0.3) is 0 Å². The third-order valence-corrected chi connectivity index (χ3v) is 3.25. The zero-order chi connectivity index (χ0) is 11.3. The molecule has 0 heterocycles. The SMILES string of the molecule is C#CCNC(CN)c1ccc(Cl)c(Br)c1. The Kier molecular flexibility index (Phi) is 5.13. The summed E-state index contributed by atoms with van der Waals surface area (Å²) in [6, 6.07) is 5.79. The number of hydrogen-bond donors (Lipinski definition) is 2. The summed E-state index contributed by atoms with van der Waals surface area (Å²) in [4.78, 5) is 0. The lowest BCUT2D eigenvalue weighted by Crippen LogP contribution is -2.28. The van der Waals surface area contributed by atoms with Gasteiger partial charge in [-0.25, -0.2) is 0 Å². The summed E-state index contributed by atoms with van der Waals surface area (Å²) < 4.78 is 0.864. The standard InChI is InChI=1S/C11H12BrClN2/c1-2-5-15-11(7-14)8-3-4-10(13)9(12)6-8/h1,3-4,6,11,15H,5,7,14H2. The molecule has 3 N–H and O–H groups in total. The average molecular weight is 288 g/mol. The van der Waals surface area contributed by atoms with Gasteiger partial charge in [-0.1, -0.05) is 23.6 Å². The van der Waals surface area contributed by atoms with Gasteiger partial charge in [-0.2, -0.15) is 0 Å². The molecule has 0 spiro atoms. The molecular weight excluding hydrogens is 275 g/mol. The molecule has 0 saturated heterocycles. The van der Waals surface area contributed by atoms with E-state index in [1.54, 1.807) is 0 Å². The summed E-state index contributed by atoms with van der Waals surface area (Å²) >= 11 is 9.27. The second kappa shape index (κ2) is 6.14.